The van der Waals surface area contributed by atoms with Crippen LogP contribution < -0.4 is 5.32 Å². The van der Waals surface area contributed by atoms with Crippen molar-refractivity contribution in [3.63, 3.8) is 0 Å². The van der Waals surface area contributed by atoms with Crippen molar-refractivity contribution in [1.82, 2.24) is 5.32 Å². The van der Waals surface area contributed by atoms with Crippen molar-refractivity contribution in [2.24, 2.45) is 5.92 Å². The minimum Gasteiger partial charge on any atom is -0.388 e. The van der Waals surface area contributed by atoms with Gasteiger partial charge in [-0.05, 0) is 49.7 Å². The summed E-state index contributed by atoms with van der Waals surface area (Å²) in [5, 5.41) is 14.0. The minimum atomic E-state index is -0.716. The smallest absolute Gasteiger partial charge is 0.220 e. The van der Waals surface area contributed by atoms with Crippen LogP contribution in [0.3, 0.4) is 0 Å². The van der Waals surface area contributed by atoms with E-state index in [0.29, 0.717) is 30.3 Å². The van der Waals surface area contributed by atoms with Gasteiger partial charge in [0, 0.05) is 18.0 Å². The van der Waals surface area contributed by atoms with E-state index in [9.17, 15) is 9.90 Å². The molecule has 1 amide bonds. The quantitative estimate of drug-likeness (QED) is 0.876. The standard InChI is InChI=1S/C17H24ClNO2/c1-13-8-10-17(21,11-9-13)12-19-16(20)7-6-14-4-2-3-5-15(14)18/h2-5,13,21H,6-12H2,1H3,(H,19,20). The zero-order valence-corrected chi connectivity index (χ0v) is 13.3. The van der Waals surface area contributed by atoms with E-state index in [1.54, 1.807) is 0 Å². The zero-order chi connectivity index (χ0) is 15.3. The average Bonchev–Trinajstić information content (AvgIpc) is 2.48. The number of halogens is 1. The maximum atomic E-state index is 11.9. The van der Waals surface area contributed by atoms with Crippen LogP contribution in [0.2, 0.25) is 5.02 Å². The number of aryl methyl sites for hydroxylation is 1. The number of carbonyl (C=O) groups is 1. The molecule has 0 aromatic heterocycles. The van der Waals surface area contributed by atoms with E-state index >= 15 is 0 Å². The molecule has 4 heteroatoms. The molecule has 1 aromatic carbocycles. The van der Waals surface area contributed by atoms with Gasteiger partial charge in [-0.25, -0.2) is 0 Å². The van der Waals surface area contributed by atoms with Crippen LogP contribution in [0.25, 0.3) is 0 Å². The molecule has 0 saturated heterocycles. The maximum Gasteiger partial charge on any atom is 0.220 e. The van der Waals surface area contributed by atoms with E-state index in [1.165, 1.54) is 0 Å². The molecule has 1 aromatic rings. The SMILES string of the molecule is CC1CCC(O)(CNC(=O)CCc2ccccc2Cl)CC1. The molecule has 0 bridgehead atoms. The highest BCUT2D eigenvalue weighted by molar-refractivity contribution is 6.31. The number of aliphatic hydroxyl groups is 1. The second kappa shape index (κ2) is 7.28. The maximum absolute atomic E-state index is 11.9. The number of benzene rings is 1. The molecule has 0 atom stereocenters. The van der Waals surface area contributed by atoms with Crippen LogP contribution in [0.15, 0.2) is 24.3 Å². The Balaban J connectivity index is 1.74. The topological polar surface area (TPSA) is 49.3 Å². The van der Waals surface area contributed by atoms with Crippen LogP contribution in [0.4, 0.5) is 0 Å². The summed E-state index contributed by atoms with van der Waals surface area (Å²) < 4.78 is 0. The Kier molecular flexibility index (Phi) is 5.65. The second-order valence-corrected chi connectivity index (χ2v) is 6.68. The fourth-order valence-electron chi connectivity index (χ4n) is 2.78. The van der Waals surface area contributed by atoms with Crippen molar-refractivity contribution in [2.45, 2.75) is 51.0 Å². The van der Waals surface area contributed by atoms with Crippen molar-refractivity contribution in [3.05, 3.63) is 34.9 Å². The van der Waals surface area contributed by atoms with Crippen LogP contribution in [0, 0.1) is 5.92 Å². The molecule has 21 heavy (non-hydrogen) atoms. The van der Waals surface area contributed by atoms with Crippen LogP contribution in [0.5, 0.6) is 0 Å². The monoisotopic (exact) mass is 309 g/mol. The molecule has 0 aliphatic heterocycles. The lowest BCUT2D eigenvalue weighted by Crippen LogP contribution is -2.45. The lowest BCUT2D eigenvalue weighted by Gasteiger charge is -2.34. The summed E-state index contributed by atoms with van der Waals surface area (Å²) in [6, 6.07) is 7.57. The van der Waals surface area contributed by atoms with E-state index in [0.717, 1.165) is 31.2 Å². The van der Waals surface area contributed by atoms with E-state index in [1.807, 2.05) is 24.3 Å². The van der Waals surface area contributed by atoms with E-state index in [-0.39, 0.29) is 5.91 Å². The summed E-state index contributed by atoms with van der Waals surface area (Å²) in [7, 11) is 0. The van der Waals surface area contributed by atoms with E-state index < -0.39 is 5.60 Å². The second-order valence-electron chi connectivity index (χ2n) is 6.28. The molecule has 1 saturated carbocycles. The summed E-state index contributed by atoms with van der Waals surface area (Å²) in [6.45, 7) is 2.57. The van der Waals surface area contributed by atoms with Crippen LogP contribution in [-0.4, -0.2) is 23.2 Å². The molecule has 1 fully saturated rings. The first-order chi connectivity index (χ1) is 9.98. The fraction of sp³-hybridized carbons (Fsp3) is 0.588. The van der Waals surface area contributed by atoms with Crippen LogP contribution in [-0.2, 0) is 11.2 Å². The molecule has 0 radical (unpaired) electrons. The molecule has 3 nitrogen and oxygen atoms in total. The number of rotatable bonds is 5. The van der Waals surface area contributed by atoms with Gasteiger partial charge in [-0.2, -0.15) is 0 Å². The molecule has 0 spiro atoms. The number of carbonyl (C=O) groups excluding carboxylic acids is 1. The van der Waals surface area contributed by atoms with Gasteiger partial charge in [0.25, 0.3) is 0 Å². The predicted molar refractivity (Wildman–Crippen MR) is 85.4 cm³/mol. The average molecular weight is 310 g/mol. The molecular formula is C17H24ClNO2. The van der Waals surface area contributed by atoms with Crippen molar-refractivity contribution in [3.8, 4) is 0 Å². The van der Waals surface area contributed by atoms with Gasteiger partial charge < -0.3 is 10.4 Å². The van der Waals surface area contributed by atoms with Gasteiger partial charge in [-0.3, -0.25) is 4.79 Å². The van der Waals surface area contributed by atoms with Crippen molar-refractivity contribution >= 4 is 17.5 Å². The summed E-state index contributed by atoms with van der Waals surface area (Å²) in [6.07, 6.45) is 4.65. The minimum absolute atomic E-state index is 0.0260. The van der Waals surface area contributed by atoms with Gasteiger partial charge in [0.05, 0.1) is 5.60 Å². The first-order valence-electron chi connectivity index (χ1n) is 7.71. The van der Waals surface area contributed by atoms with E-state index in [2.05, 4.69) is 12.2 Å². The van der Waals surface area contributed by atoms with Crippen LogP contribution in [0.1, 0.15) is 44.6 Å². The first kappa shape index (κ1) is 16.3. The van der Waals surface area contributed by atoms with Crippen molar-refractivity contribution < 1.29 is 9.90 Å². The Morgan fingerprint density at radius 3 is 2.71 bits per heavy atom. The lowest BCUT2D eigenvalue weighted by atomic mass is 9.79. The van der Waals surface area contributed by atoms with Gasteiger partial charge in [0.15, 0.2) is 0 Å². The lowest BCUT2D eigenvalue weighted by molar-refractivity contribution is -0.122. The molecule has 1 aliphatic rings. The van der Waals surface area contributed by atoms with Gasteiger partial charge in [-0.15, -0.1) is 0 Å². The largest absolute Gasteiger partial charge is 0.388 e. The van der Waals surface area contributed by atoms with Gasteiger partial charge in [0.2, 0.25) is 5.91 Å². The van der Waals surface area contributed by atoms with Crippen molar-refractivity contribution in [2.75, 3.05) is 6.54 Å². The normalized spacial score (nSPS) is 25.6. The number of hydrogen-bond acceptors (Lipinski definition) is 2. The predicted octanol–water partition coefficient (Wildman–Crippen LogP) is 3.33. The molecule has 0 heterocycles. The highest BCUT2D eigenvalue weighted by Crippen LogP contribution is 2.31. The Morgan fingerprint density at radius 2 is 2.05 bits per heavy atom. The highest BCUT2D eigenvalue weighted by atomic mass is 35.5. The number of nitrogens with one attached hydrogen (secondary N) is 1. The fourth-order valence-corrected chi connectivity index (χ4v) is 3.01. The Morgan fingerprint density at radius 1 is 1.38 bits per heavy atom. The van der Waals surface area contributed by atoms with Gasteiger partial charge in [0.1, 0.15) is 0 Å². The molecule has 116 valence electrons. The third kappa shape index (κ3) is 5.01. The summed E-state index contributed by atoms with van der Waals surface area (Å²) in [5.74, 6) is 0.656. The number of hydrogen-bond donors (Lipinski definition) is 2. The molecule has 1 aliphatic carbocycles. The Labute approximate surface area is 131 Å². The van der Waals surface area contributed by atoms with Gasteiger partial charge in [-0.1, -0.05) is 36.7 Å². The molecular weight excluding hydrogens is 286 g/mol. The third-order valence-corrected chi connectivity index (χ3v) is 4.77. The summed E-state index contributed by atoms with van der Waals surface area (Å²) >= 11 is 6.07. The Hall–Kier alpha value is -1.06. The highest BCUT2D eigenvalue weighted by Gasteiger charge is 2.31. The molecule has 2 N–H and O–H groups in total. The third-order valence-electron chi connectivity index (χ3n) is 4.40. The van der Waals surface area contributed by atoms with Gasteiger partial charge >= 0.3 is 0 Å². The zero-order valence-electron chi connectivity index (χ0n) is 12.6. The number of amides is 1. The molecule has 2 rings (SSSR count). The molecule has 0 unspecified atom stereocenters. The van der Waals surface area contributed by atoms with Crippen LogP contribution >= 0.6 is 11.6 Å². The Bertz CT molecular complexity index is 481. The van der Waals surface area contributed by atoms with Crippen molar-refractivity contribution in [1.29, 1.82) is 0 Å². The first-order valence-corrected chi connectivity index (χ1v) is 8.09. The van der Waals surface area contributed by atoms with E-state index in [4.69, 9.17) is 11.6 Å². The summed E-state index contributed by atoms with van der Waals surface area (Å²) in [4.78, 5) is 11.9. The summed E-state index contributed by atoms with van der Waals surface area (Å²) in [5.41, 5.74) is 0.270.